The van der Waals surface area contributed by atoms with Crippen LogP contribution in [0.2, 0.25) is 10.0 Å². The summed E-state index contributed by atoms with van der Waals surface area (Å²) in [6, 6.07) is 8.84. The highest BCUT2D eigenvalue weighted by atomic mass is 35.5. The van der Waals surface area contributed by atoms with E-state index in [0.29, 0.717) is 26.1 Å². The lowest BCUT2D eigenvalue weighted by Crippen LogP contribution is -2.33. The Kier molecular flexibility index (Phi) is 4.08. The van der Waals surface area contributed by atoms with Gasteiger partial charge < -0.3 is 4.42 Å². The normalized spacial score (nSPS) is 14.5. The van der Waals surface area contributed by atoms with E-state index < -0.39 is 0 Å². The van der Waals surface area contributed by atoms with Crippen LogP contribution in [-0.4, -0.2) is 11.1 Å². The Balaban J connectivity index is 1.78. The lowest BCUT2D eigenvalue weighted by molar-refractivity contribution is 0.568. The molecule has 1 aliphatic rings. The average molecular weight is 379 g/mol. The van der Waals surface area contributed by atoms with Crippen LogP contribution in [0.4, 0.5) is 0 Å². The topological polar surface area (TPSA) is 47.5 Å². The maximum Gasteiger partial charge on any atom is 0.270 e. The van der Waals surface area contributed by atoms with E-state index in [0.717, 1.165) is 29.9 Å². The van der Waals surface area contributed by atoms with Gasteiger partial charge in [-0.3, -0.25) is 14.4 Å². The number of hydrogen-bond acceptors (Lipinski definition) is 4. The zero-order chi connectivity index (χ0) is 16.7. The third-order valence-electron chi connectivity index (χ3n) is 3.77. The maximum atomic E-state index is 12.4. The van der Waals surface area contributed by atoms with Crippen molar-refractivity contribution >= 4 is 40.6 Å². The summed E-state index contributed by atoms with van der Waals surface area (Å²) >= 11 is 13.6. The third kappa shape index (κ3) is 2.83. The molecule has 0 aliphatic carbocycles. The van der Waals surface area contributed by atoms with E-state index in [1.54, 1.807) is 28.8 Å². The van der Waals surface area contributed by atoms with Crippen molar-refractivity contribution in [1.82, 2.24) is 4.57 Å². The zero-order valence-electron chi connectivity index (χ0n) is 12.5. The highest BCUT2D eigenvalue weighted by Gasteiger charge is 2.11. The van der Waals surface area contributed by atoms with Crippen LogP contribution >= 0.6 is 34.5 Å². The molecule has 0 N–H and O–H groups in total. The Morgan fingerprint density at radius 2 is 2.12 bits per heavy atom. The first-order valence-corrected chi connectivity index (χ1v) is 9.00. The fourth-order valence-electron chi connectivity index (χ4n) is 2.62. The molecule has 24 heavy (non-hydrogen) atoms. The summed E-state index contributed by atoms with van der Waals surface area (Å²) in [6.45, 7) is 1.50. The maximum absolute atomic E-state index is 12.4. The van der Waals surface area contributed by atoms with E-state index >= 15 is 0 Å². The molecule has 7 heteroatoms. The monoisotopic (exact) mass is 378 g/mol. The van der Waals surface area contributed by atoms with Gasteiger partial charge in [0.1, 0.15) is 11.5 Å². The van der Waals surface area contributed by atoms with E-state index in [-0.39, 0.29) is 5.56 Å². The molecular formula is C17H12Cl2N2O2S. The minimum Gasteiger partial charge on any atom is -0.457 e. The molecule has 0 unspecified atom stereocenters. The molecule has 0 atom stereocenters. The Hall–Kier alpha value is -1.82. The first kappa shape index (κ1) is 15.7. The summed E-state index contributed by atoms with van der Waals surface area (Å²) in [7, 11) is 0. The summed E-state index contributed by atoms with van der Waals surface area (Å²) < 4.78 is 8.16. The van der Waals surface area contributed by atoms with Crippen molar-refractivity contribution in [2.24, 2.45) is 4.99 Å². The molecule has 0 radical (unpaired) electrons. The molecule has 3 aromatic rings. The van der Waals surface area contributed by atoms with E-state index in [9.17, 15) is 4.79 Å². The van der Waals surface area contributed by atoms with E-state index in [1.165, 1.54) is 11.3 Å². The van der Waals surface area contributed by atoms with Crippen LogP contribution in [0.5, 0.6) is 0 Å². The molecule has 0 saturated carbocycles. The van der Waals surface area contributed by atoms with Gasteiger partial charge in [0.2, 0.25) is 0 Å². The van der Waals surface area contributed by atoms with Crippen LogP contribution in [0.25, 0.3) is 17.4 Å². The highest BCUT2D eigenvalue weighted by Crippen LogP contribution is 2.31. The molecule has 0 bridgehead atoms. The molecule has 122 valence electrons. The highest BCUT2D eigenvalue weighted by molar-refractivity contribution is 7.07. The van der Waals surface area contributed by atoms with Crippen molar-refractivity contribution in [3.63, 3.8) is 0 Å². The Morgan fingerprint density at radius 3 is 2.96 bits per heavy atom. The smallest absolute Gasteiger partial charge is 0.270 e. The summed E-state index contributed by atoms with van der Waals surface area (Å²) in [5.74, 6) is 1.21. The predicted octanol–water partition coefficient (Wildman–Crippen LogP) is 3.33. The number of rotatable bonds is 2. The minimum atomic E-state index is -0.0165. The summed E-state index contributed by atoms with van der Waals surface area (Å²) in [6.07, 6.45) is 2.65. The molecule has 4 rings (SSSR count). The van der Waals surface area contributed by atoms with Crippen LogP contribution in [-0.2, 0) is 6.54 Å². The summed E-state index contributed by atoms with van der Waals surface area (Å²) in [4.78, 5) is 17.6. The van der Waals surface area contributed by atoms with E-state index in [4.69, 9.17) is 27.6 Å². The molecular weight excluding hydrogens is 367 g/mol. The predicted molar refractivity (Wildman–Crippen MR) is 96.6 cm³/mol. The second-order valence-corrected chi connectivity index (χ2v) is 7.26. The number of nitrogens with zero attached hydrogens (tertiary/aromatic N) is 2. The number of halogens is 2. The van der Waals surface area contributed by atoms with Gasteiger partial charge in [0.25, 0.3) is 5.56 Å². The number of thiazole rings is 1. The summed E-state index contributed by atoms with van der Waals surface area (Å²) in [5.41, 5.74) is 0.707. The van der Waals surface area contributed by atoms with Gasteiger partial charge in [0.15, 0.2) is 4.80 Å². The third-order valence-corrected chi connectivity index (χ3v) is 5.38. The number of aromatic nitrogens is 1. The lowest BCUT2D eigenvalue weighted by atomic mass is 10.2. The van der Waals surface area contributed by atoms with E-state index in [1.807, 2.05) is 12.1 Å². The van der Waals surface area contributed by atoms with Crippen molar-refractivity contribution in [2.45, 2.75) is 13.0 Å². The number of hydrogen-bond donors (Lipinski definition) is 0. The molecule has 0 spiro atoms. The van der Waals surface area contributed by atoms with Gasteiger partial charge in [-0.1, -0.05) is 34.5 Å². The lowest BCUT2D eigenvalue weighted by Gasteiger charge is -2.03. The van der Waals surface area contributed by atoms with Crippen molar-refractivity contribution < 1.29 is 4.42 Å². The zero-order valence-corrected chi connectivity index (χ0v) is 14.8. The number of furan rings is 1. The molecule has 1 aliphatic heterocycles. The quantitative estimate of drug-likeness (QED) is 0.686. The fourth-order valence-corrected chi connectivity index (χ4v) is 4.01. The average Bonchev–Trinajstić information content (AvgIpc) is 3.16. The molecule has 4 nitrogen and oxygen atoms in total. The Morgan fingerprint density at radius 1 is 1.25 bits per heavy atom. The van der Waals surface area contributed by atoms with Gasteiger partial charge in [-0.15, -0.1) is 0 Å². The second kappa shape index (κ2) is 6.24. The van der Waals surface area contributed by atoms with Crippen molar-refractivity contribution in [3.05, 3.63) is 65.8 Å². The van der Waals surface area contributed by atoms with Crippen molar-refractivity contribution in [2.75, 3.05) is 6.54 Å². The van der Waals surface area contributed by atoms with Gasteiger partial charge in [-0.05, 0) is 36.8 Å². The van der Waals surface area contributed by atoms with Crippen molar-refractivity contribution in [1.29, 1.82) is 0 Å². The SMILES string of the molecule is O=c1/c(=C/c2ccc(-c3cc(Cl)ccc3Cl)o2)sc2n1CCCN=2. The first-order valence-electron chi connectivity index (χ1n) is 7.43. The molecule has 0 amide bonds. The molecule has 0 fully saturated rings. The van der Waals surface area contributed by atoms with Crippen molar-refractivity contribution in [3.8, 4) is 11.3 Å². The van der Waals surface area contributed by atoms with Gasteiger partial charge in [-0.2, -0.15) is 0 Å². The number of fused-ring (bicyclic) bond motifs is 1. The Bertz CT molecular complexity index is 1090. The van der Waals surface area contributed by atoms with Crippen LogP contribution in [0.1, 0.15) is 12.2 Å². The standard InChI is InChI=1S/C17H12Cl2N2O2S/c18-10-2-4-13(19)12(8-10)14-5-3-11(23-14)9-15-16(22)21-7-1-6-20-17(21)24-15/h2-5,8-9H,1,6-7H2/b15-9-. The van der Waals surface area contributed by atoms with Gasteiger partial charge >= 0.3 is 0 Å². The second-order valence-electron chi connectivity index (χ2n) is 5.41. The molecule has 1 aromatic carbocycles. The summed E-state index contributed by atoms with van der Waals surface area (Å²) in [5, 5.41) is 1.15. The van der Waals surface area contributed by atoms with Crippen LogP contribution < -0.4 is 14.9 Å². The van der Waals surface area contributed by atoms with E-state index in [2.05, 4.69) is 4.99 Å². The number of benzene rings is 1. The van der Waals surface area contributed by atoms with Crippen LogP contribution in [0.3, 0.4) is 0 Å². The largest absolute Gasteiger partial charge is 0.457 e. The van der Waals surface area contributed by atoms with Gasteiger partial charge in [0, 0.05) is 29.8 Å². The first-order chi connectivity index (χ1) is 11.6. The van der Waals surface area contributed by atoms with Gasteiger partial charge in [0.05, 0.1) is 9.55 Å². The fraction of sp³-hybridized carbons (Fsp3) is 0.176. The van der Waals surface area contributed by atoms with Crippen LogP contribution in [0, 0.1) is 0 Å². The van der Waals surface area contributed by atoms with Crippen LogP contribution in [0.15, 0.2) is 44.5 Å². The molecule has 3 heterocycles. The Labute approximate surface area is 151 Å². The minimum absolute atomic E-state index is 0.0165. The molecule has 0 saturated heterocycles. The molecule has 2 aromatic heterocycles. The van der Waals surface area contributed by atoms with Gasteiger partial charge in [-0.25, -0.2) is 0 Å².